The van der Waals surface area contributed by atoms with Gasteiger partial charge in [-0.15, -0.1) is 11.3 Å². The molecule has 2 atom stereocenters. The maximum Gasteiger partial charge on any atom is 0.107 e. The van der Waals surface area contributed by atoms with E-state index in [0.717, 1.165) is 9.21 Å². The SMILES string of the molecule is CC(N)C(OCCOC(C)(C)C)c1ccc(Cl)s1. The summed E-state index contributed by atoms with van der Waals surface area (Å²) in [6.07, 6.45) is -0.119. The molecule has 0 amide bonds. The molecule has 3 nitrogen and oxygen atoms in total. The van der Waals surface area contributed by atoms with Gasteiger partial charge in [-0.1, -0.05) is 11.6 Å². The van der Waals surface area contributed by atoms with Gasteiger partial charge in [-0.3, -0.25) is 0 Å². The Morgan fingerprint density at radius 3 is 2.44 bits per heavy atom. The van der Waals surface area contributed by atoms with Crippen molar-refractivity contribution in [2.45, 2.75) is 45.4 Å². The minimum atomic E-state index is -0.139. The molecule has 0 aliphatic heterocycles. The third-order valence-corrected chi connectivity index (χ3v) is 3.56. The van der Waals surface area contributed by atoms with E-state index in [2.05, 4.69) is 0 Å². The van der Waals surface area contributed by atoms with Crippen molar-refractivity contribution in [1.82, 2.24) is 0 Å². The molecule has 0 fully saturated rings. The zero-order valence-electron chi connectivity index (χ0n) is 11.4. The van der Waals surface area contributed by atoms with Gasteiger partial charge in [-0.25, -0.2) is 0 Å². The molecule has 0 bridgehead atoms. The molecule has 0 spiro atoms. The number of halogens is 1. The quantitative estimate of drug-likeness (QED) is 0.814. The average Bonchev–Trinajstić information content (AvgIpc) is 2.62. The Kier molecular flexibility index (Phi) is 6.08. The lowest BCUT2D eigenvalue weighted by atomic mass is 10.1. The summed E-state index contributed by atoms with van der Waals surface area (Å²) in [5.41, 5.74) is 5.80. The summed E-state index contributed by atoms with van der Waals surface area (Å²) < 4.78 is 12.2. The van der Waals surface area contributed by atoms with Crippen LogP contribution in [0.4, 0.5) is 0 Å². The molecular formula is C13H22ClNO2S. The van der Waals surface area contributed by atoms with Gasteiger partial charge < -0.3 is 15.2 Å². The molecular weight excluding hydrogens is 270 g/mol. The Bertz CT molecular complexity index is 360. The van der Waals surface area contributed by atoms with Crippen LogP contribution in [0.1, 0.15) is 38.7 Å². The molecule has 0 aliphatic carbocycles. The van der Waals surface area contributed by atoms with Gasteiger partial charge in [0.2, 0.25) is 0 Å². The van der Waals surface area contributed by atoms with E-state index in [1.165, 1.54) is 11.3 Å². The molecule has 1 heterocycles. The fourth-order valence-corrected chi connectivity index (χ4v) is 2.72. The van der Waals surface area contributed by atoms with Crippen LogP contribution in [0.25, 0.3) is 0 Å². The van der Waals surface area contributed by atoms with E-state index in [4.69, 9.17) is 26.8 Å². The first kappa shape index (κ1) is 15.9. The fourth-order valence-electron chi connectivity index (χ4n) is 1.50. The summed E-state index contributed by atoms with van der Waals surface area (Å²) in [4.78, 5) is 1.06. The summed E-state index contributed by atoms with van der Waals surface area (Å²) >= 11 is 7.44. The summed E-state index contributed by atoms with van der Waals surface area (Å²) in [5.74, 6) is 0. The van der Waals surface area contributed by atoms with Crippen molar-refractivity contribution in [2.24, 2.45) is 5.73 Å². The van der Waals surface area contributed by atoms with Crippen LogP contribution in [0, 0.1) is 0 Å². The Morgan fingerprint density at radius 1 is 1.33 bits per heavy atom. The molecule has 2 unspecified atom stereocenters. The summed E-state index contributed by atoms with van der Waals surface area (Å²) in [6.45, 7) is 9.09. The standard InChI is InChI=1S/C13H22ClNO2S/c1-9(15)12(10-5-6-11(14)18-10)16-7-8-17-13(2,3)4/h5-6,9,12H,7-8,15H2,1-4H3. The van der Waals surface area contributed by atoms with Gasteiger partial charge >= 0.3 is 0 Å². The number of hydrogen-bond donors (Lipinski definition) is 1. The first-order valence-electron chi connectivity index (χ1n) is 6.06. The van der Waals surface area contributed by atoms with Gasteiger partial charge in [0.05, 0.1) is 23.2 Å². The van der Waals surface area contributed by atoms with Crippen LogP contribution >= 0.6 is 22.9 Å². The lowest BCUT2D eigenvalue weighted by Crippen LogP contribution is -2.28. The average molecular weight is 292 g/mol. The van der Waals surface area contributed by atoms with Gasteiger partial charge in [0.25, 0.3) is 0 Å². The number of nitrogens with two attached hydrogens (primary N) is 1. The maximum atomic E-state index is 5.94. The second-order valence-electron chi connectivity index (χ2n) is 5.25. The van der Waals surface area contributed by atoms with Crippen LogP contribution in [0.2, 0.25) is 4.34 Å². The van der Waals surface area contributed by atoms with Crippen LogP contribution in [0.5, 0.6) is 0 Å². The van der Waals surface area contributed by atoms with Gasteiger partial charge in [0, 0.05) is 10.9 Å². The summed E-state index contributed by atoms with van der Waals surface area (Å²) in [5, 5.41) is 0. The number of hydrogen-bond acceptors (Lipinski definition) is 4. The van der Waals surface area contributed by atoms with Crippen molar-refractivity contribution >= 4 is 22.9 Å². The maximum absolute atomic E-state index is 5.94. The van der Waals surface area contributed by atoms with E-state index >= 15 is 0 Å². The van der Waals surface area contributed by atoms with Crippen LogP contribution in [0.15, 0.2) is 12.1 Å². The molecule has 5 heteroatoms. The van der Waals surface area contributed by atoms with Crippen LogP contribution in [0.3, 0.4) is 0 Å². The Hall–Kier alpha value is -0.130. The van der Waals surface area contributed by atoms with Crippen molar-refractivity contribution in [3.8, 4) is 0 Å². The molecule has 0 aromatic carbocycles. The molecule has 0 saturated carbocycles. The van der Waals surface area contributed by atoms with Crippen molar-refractivity contribution in [1.29, 1.82) is 0 Å². The second kappa shape index (κ2) is 6.87. The van der Waals surface area contributed by atoms with Crippen molar-refractivity contribution in [2.75, 3.05) is 13.2 Å². The van der Waals surface area contributed by atoms with Crippen molar-refractivity contribution in [3.63, 3.8) is 0 Å². The van der Waals surface area contributed by atoms with E-state index in [9.17, 15) is 0 Å². The van der Waals surface area contributed by atoms with Crippen LogP contribution in [-0.2, 0) is 9.47 Å². The Labute approximate surface area is 118 Å². The largest absolute Gasteiger partial charge is 0.373 e. The lowest BCUT2D eigenvalue weighted by Gasteiger charge is -2.23. The zero-order chi connectivity index (χ0) is 13.8. The van der Waals surface area contributed by atoms with Crippen LogP contribution in [-0.4, -0.2) is 24.9 Å². The van der Waals surface area contributed by atoms with E-state index in [1.54, 1.807) is 0 Å². The highest BCUT2D eigenvalue weighted by Gasteiger charge is 2.19. The summed E-state index contributed by atoms with van der Waals surface area (Å²) in [6, 6.07) is 3.76. The summed E-state index contributed by atoms with van der Waals surface area (Å²) in [7, 11) is 0. The molecule has 1 rings (SSSR count). The van der Waals surface area contributed by atoms with Crippen LogP contribution < -0.4 is 5.73 Å². The fraction of sp³-hybridized carbons (Fsp3) is 0.692. The second-order valence-corrected chi connectivity index (χ2v) is 7.00. The molecule has 104 valence electrons. The molecule has 1 aromatic rings. The molecule has 1 aromatic heterocycles. The third-order valence-electron chi connectivity index (χ3n) is 2.27. The topological polar surface area (TPSA) is 44.5 Å². The van der Waals surface area contributed by atoms with Gasteiger partial charge in [0.15, 0.2) is 0 Å². The highest BCUT2D eigenvalue weighted by Crippen LogP contribution is 2.30. The van der Waals surface area contributed by atoms with E-state index in [0.29, 0.717) is 13.2 Å². The monoisotopic (exact) mass is 291 g/mol. The number of thiophene rings is 1. The van der Waals surface area contributed by atoms with Gasteiger partial charge in [-0.2, -0.15) is 0 Å². The zero-order valence-corrected chi connectivity index (χ0v) is 13.0. The van der Waals surface area contributed by atoms with E-state index < -0.39 is 0 Å². The highest BCUT2D eigenvalue weighted by molar-refractivity contribution is 7.16. The van der Waals surface area contributed by atoms with Gasteiger partial charge in [0.1, 0.15) is 6.10 Å². The lowest BCUT2D eigenvalue weighted by molar-refractivity contribution is -0.0551. The van der Waals surface area contributed by atoms with Gasteiger partial charge in [-0.05, 0) is 39.8 Å². The minimum absolute atomic E-state index is 0.0747. The molecule has 0 aliphatic rings. The highest BCUT2D eigenvalue weighted by atomic mass is 35.5. The Balaban J connectivity index is 2.45. The normalized spacial score (nSPS) is 15.7. The predicted molar refractivity (Wildman–Crippen MR) is 77.4 cm³/mol. The van der Waals surface area contributed by atoms with E-state index in [-0.39, 0.29) is 17.7 Å². The Morgan fingerprint density at radius 2 is 2.00 bits per heavy atom. The number of ether oxygens (including phenoxy) is 2. The van der Waals surface area contributed by atoms with Crippen molar-refractivity contribution < 1.29 is 9.47 Å². The smallest absolute Gasteiger partial charge is 0.107 e. The minimum Gasteiger partial charge on any atom is -0.373 e. The molecule has 18 heavy (non-hydrogen) atoms. The van der Waals surface area contributed by atoms with Crippen molar-refractivity contribution in [3.05, 3.63) is 21.3 Å². The first-order chi connectivity index (χ1) is 8.29. The first-order valence-corrected chi connectivity index (χ1v) is 7.25. The predicted octanol–water partition coefficient (Wildman–Crippen LogP) is 3.62. The molecule has 0 saturated heterocycles. The molecule has 0 radical (unpaired) electrons. The number of rotatable bonds is 6. The third kappa shape index (κ3) is 5.67. The molecule has 2 N–H and O–H groups in total. The van der Waals surface area contributed by atoms with E-state index in [1.807, 2.05) is 39.8 Å².